The number of fused-ring (bicyclic) bond motifs is 3. The number of nitrogens with two attached hydrogens (primary N) is 2. The SMILES string of the molecule is CC1(c2cc3ccccn3c2)C(c2cc3ccccn3c2)=C(N)C=C(C(N)=O)C1c1cc2ccccn2c1. The van der Waals surface area contributed by atoms with Gasteiger partial charge in [-0.2, -0.15) is 0 Å². The molecular formula is C32H27N5O. The molecule has 0 saturated heterocycles. The maximum atomic E-state index is 13.0. The molecule has 1 amide bonds. The van der Waals surface area contributed by atoms with Gasteiger partial charge in [-0.25, -0.2) is 0 Å². The Balaban J connectivity index is 1.57. The van der Waals surface area contributed by atoms with Gasteiger partial charge in [-0.1, -0.05) is 25.1 Å². The first kappa shape index (κ1) is 22.2. The van der Waals surface area contributed by atoms with Crippen LogP contribution in [0.5, 0.6) is 0 Å². The zero-order valence-electron chi connectivity index (χ0n) is 21.0. The lowest BCUT2D eigenvalue weighted by Gasteiger charge is -2.43. The standard InChI is InChI=1S/C32H27N5O/c1-32(23-16-26-10-4-7-13-37(26)20-23)29(21-14-24-8-2-5-11-35(24)18-21)27(31(34)38)17-28(33)30(32)22-15-25-9-3-6-12-36(25)19-22/h2-20,29H,33H2,1H3,(H2,34,38). The summed E-state index contributed by atoms with van der Waals surface area (Å²) in [7, 11) is 0. The lowest BCUT2D eigenvalue weighted by molar-refractivity contribution is -0.115. The summed E-state index contributed by atoms with van der Waals surface area (Å²) in [6, 6.07) is 24.8. The molecule has 38 heavy (non-hydrogen) atoms. The normalized spacial score (nSPS) is 19.9. The van der Waals surface area contributed by atoms with E-state index in [0.717, 1.165) is 38.8 Å². The van der Waals surface area contributed by atoms with Gasteiger partial charge in [-0.15, -0.1) is 0 Å². The van der Waals surface area contributed by atoms with Crippen LogP contribution in [0.2, 0.25) is 0 Å². The molecule has 186 valence electrons. The van der Waals surface area contributed by atoms with Crippen LogP contribution in [0.4, 0.5) is 0 Å². The number of carbonyl (C=O) groups excluding carboxylic acids is 1. The minimum atomic E-state index is -0.703. The Hall–Kier alpha value is -4.97. The molecule has 6 aromatic rings. The number of carbonyl (C=O) groups is 1. The molecule has 6 nitrogen and oxygen atoms in total. The number of amides is 1. The fraction of sp³-hybridized carbons (Fsp3) is 0.0938. The maximum absolute atomic E-state index is 13.0. The molecule has 6 aromatic heterocycles. The van der Waals surface area contributed by atoms with Gasteiger partial charge in [0.05, 0.1) is 0 Å². The van der Waals surface area contributed by atoms with Crippen LogP contribution < -0.4 is 11.5 Å². The smallest absolute Gasteiger partial charge is 0.245 e. The van der Waals surface area contributed by atoms with Gasteiger partial charge in [-0.3, -0.25) is 4.79 Å². The third-order valence-corrected chi connectivity index (χ3v) is 8.05. The van der Waals surface area contributed by atoms with Gasteiger partial charge in [-0.05, 0) is 82.9 Å². The highest BCUT2D eigenvalue weighted by atomic mass is 16.1. The highest BCUT2D eigenvalue weighted by Crippen LogP contribution is 2.55. The van der Waals surface area contributed by atoms with Crippen molar-refractivity contribution in [3.63, 3.8) is 0 Å². The molecule has 1 aliphatic rings. The van der Waals surface area contributed by atoms with Crippen molar-refractivity contribution >= 4 is 28.0 Å². The third kappa shape index (κ3) is 3.16. The molecule has 0 fully saturated rings. The maximum Gasteiger partial charge on any atom is 0.245 e. The molecule has 0 radical (unpaired) electrons. The summed E-state index contributed by atoms with van der Waals surface area (Å²) in [5.41, 5.74) is 20.5. The summed E-state index contributed by atoms with van der Waals surface area (Å²) in [5, 5.41) is 0. The summed E-state index contributed by atoms with van der Waals surface area (Å²) >= 11 is 0. The van der Waals surface area contributed by atoms with Gasteiger partial charge in [0.25, 0.3) is 0 Å². The zero-order valence-corrected chi connectivity index (χ0v) is 21.0. The van der Waals surface area contributed by atoms with Crippen LogP contribution in [0.15, 0.2) is 127 Å². The molecule has 6 heteroatoms. The van der Waals surface area contributed by atoms with Gasteiger partial charge in [0.1, 0.15) is 0 Å². The molecule has 2 atom stereocenters. The Morgan fingerprint density at radius 2 is 1.37 bits per heavy atom. The first-order valence-corrected chi connectivity index (χ1v) is 12.7. The Labute approximate surface area is 219 Å². The van der Waals surface area contributed by atoms with E-state index in [1.54, 1.807) is 6.08 Å². The fourth-order valence-corrected chi connectivity index (χ4v) is 6.35. The van der Waals surface area contributed by atoms with Crippen molar-refractivity contribution in [2.24, 2.45) is 11.5 Å². The highest BCUT2D eigenvalue weighted by Gasteiger charge is 2.48. The first-order valence-electron chi connectivity index (χ1n) is 12.7. The monoisotopic (exact) mass is 497 g/mol. The second-order valence-electron chi connectivity index (χ2n) is 10.3. The molecule has 4 N–H and O–H groups in total. The Morgan fingerprint density at radius 3 is 1.95 bits per heavy atom. The van der Waals surface area contributed by atoms with E-state index in [2.05, 4.69) is 75.1 Å². The van der Waals surface area contributed by atoms with Crippen molar-refractivity contribution in [2.45, 2.75) is 18.3 Å². The Morgan fingerprint density at radius 1 is 0.789 bits per heavy atom. The van der Waals surface area contributed by atoms with Crippen LogP contribution in [0.25, 0.3) is 22.1 Å². The van der Waals surface area contributed by atoms with Gasteiger partial charge < -0.3 is 24.7 Å². The summed E-state index contributed by atoms with van der Waals surface area (Å²) in [6.45, 7) is 2.19. The minimum Gasteiger partial charge on any atom is -0.398 e. The topological polar surface area (TPSA) is 82.3 Å². The van der Waals surface area contributed by atoms with E-state index in [1.807, 2.05) is 55.0 Å². The molecule has 6 heterocycles. The van der Waals surface area contributed by atoms with E-state index in [9.17, 15) is 4.79 Å². The predicted octanol–water partition coefficient (Wildman–Crippen LogP) is 5.28. The zero-order chi connectivity index (χ0) is 26.0. The molecular weight excluding hydrogens is 470 g/mol. The van der Waals surface area contributed by atoms with Crippen LogP contribution in [0.3, 0.4) is 0 Å². The number of allylic oxidation sites excluding steroid dienone is 2. The summed E-state index contributed by atoms with van der Waals surface area (Å²) in [4.78, 5) is 13.0. The molecule has 0 aromatic carbocycles. The number of nitrogens with zero attached hydrogens (tertiary/aromatic N) is 3. The highest BCUT2D eigenvalue weighted by molar-refractivity contribution is 5.99. The van der Waals surface area contributed by atoms with Crippen LogP contribution in [0, 0.1) is 0 Å². The van der Waals surface area contributed by atoms with Crippen LogP contribution in [-0.4, -0.2) is 19.1 Å². The summed E-state index contributed by atoms with van der Waals surface area (Å²) < 4.78 is 6.29. The molecule has 0 aliphatic heterocycles. The van der Waals surface area contributed by atoms with Crippen molar-refractivity contribution in [3.05, 3.63) is 144 Å². The van der Waals surface area contributed by atoms with E-state index >= 15 is 0 Å². The number of primary amides is 1. The van der Waals surface area contributed by atoms with Crippen molar-refractivity contribution in [3.8, 4) is 0 Å². The van der Waals surface area contributed by atoms with E-state index in [-0.39, 0.29) is 5.92 Å². The Kier molecular flexibility index (Phi) is 4.69. The van der Waals surface area contributed by atoms with Gasteiger partial charge in [0.2, 0.25) is 5.91 Å². The average Bonchev–Trinajstić information content (AvgIpc) is 3.64. The largest absolute Gasteiger partial charge is 0.398 e. The van der Waals surface area contributed by atoms with Crippen LogP contribution >= 0.6 is 0 Å². The van der Waals surface area contributed by atoms with Crippen LogP contribution in [0.1, 0.15) is 29.5 Å². The second-order valence-corrected chi connectivity index (χ2v) is 10.3. The quantitative estimate of drug-likeness (QED) is 0.347. The summed E-state index contributed by atoms with van der Waals surface area (Å²) in [6.07, 6.45) is 14.2. The molecule has 1 aliphatic carbocycles. The lowest BCUT2D eigenvalue weighted by atomic mass is 9.59. The first-order chi connectivity index (χ1) is 18.4. The fourth-order valence-electron chi connectivity index (χ4n) is 6.35. The van der Waals surface area contributed by atoms with Crippen molar-refractivity contribution in [1.29, 1.82) is 0 Å². The number of pyridine rings is 3. The Bertz CT molecular complexity index is 1850. The van der Waals surface area contributed by atoms with E-state index in [4.69, 9.17) is 11.5 Å². The van der Waals surface area contributed by atoms with E-state index in [0.29, 0.717) is 11.3 Å². The predicted molar refractivity (Wildman–Crippen MR) is 151 cm³/mol. The van der Waals surface area contributed by atoms with E-state index < -0.39 is 11.3 Å². The number of hydrogen-bond acceptors (Lipinski definition) is 2. The molecule has 2 unspecified atom stereocenters. The van der Waals surface area contributed by atoms with E-state index in [1.165, 1.54) is 0 Å². The van der Waals surface area contributed by atoms with Gasteiger partial charge >= 0.3 is 0 Å². The van der Waals surface area contributed by atoms with Gasteiger partial charge in [0, 0.05) is 76.3 Å². The third-order valence-electron chi connectivity index (χ3n) is 8.05. The van der Waals surface area contributed by atoms with Crippen LogP contribution in [-0.2, 0) is 10.2 Å². The van der Waals surface area contributed by atoms with Crippen molar-refractivity contribution in [1.82, 2.24) is 13.2 Å². The molecule has 7 rings (SSSR count). The number of rotatable bonds is 4. The lowest BCUT2D eigenvalue weighted by Crippen LogP contribution is -2.40. The minimum absolute atomic E-state index is 0.359. The number of aromatic nitrogens is 3. The molecule has 0 bridgehead atoms. The average molecular weight is 498 g/mol. The summed E-state index contributed by atoms with van der Waals surface area (Å²) in [5.74, 6) is -0.827. The second kappa shape index (κ2) is 8.02. The van der Waals surface area contributed by atoms with Crippen molar-refractivity contribution in [2.75, 3.05) is 0 Å². The molecule has 0 saturated carbocycles. The number of hydrogen-bond donors (Lipinski definition) is 2. The van der Waals surface area contributed by atoms with Crippen molar-refractivity contribution < 1.29 is 4.79 Å². The molecule has 0 spiro atoms. The van der Waals surface area contributed by atoms with Gasteiger partial charge in [0.15, 0.2) is 0 Å².